The van der Waals surface area contributed by atoms with Gasteiger partial charge in [0, 0.05) is 11.6 Å². The van der Waals surface area contributed by atoms with Crippen molar-refractivity contribution in [3.05, 3.63) is 66.4 Å². The van der Waals surface area contributed by atoms with Gasteiger partial charge in [0.05, 0.1) is 6.04 Å². The van der Waals surface area contributed by atoms with Crippen LogP contribution in [0.5, 0.6) is 11.5 Å². The summed E-state index contributed by atoms with van der Waals surface area (Å²) >= 11 is 0. The minimum Gasteiger partial charge on any atom is -0.457 e. The van der Waals surface area contributed by atoms with Gasteiger partial charge in [-0.3, -0.25) is 0 Å². The van der Waals surface area contributed by atoms with Gasteiger partial charge in [0.15, 0.2) is 5.76 Å². The molecule has 1 aromatic heterocycles. The van der Waals surface area contributed by atoms with Crippen molar-refractivity contribution in [3.63, 3.8) is 0 Å². The van der Waals surface area contributed by atoms with Gasteiger partial charge >= 0.3 is 0 Å². The lowest BCUT2D eigenvalue weighted by Crippen LogP contribution is -2.02. The molecule has 106 valence electrons. The molecular weight excluding hydrogens is 264 g/mol. The first kappa shape index (κ1) is 13.4. The Hall–Kier alpha value is -2.59. The maximum absolute atomic E-state index is 5.81. The van der Waals surface area contributed by atoms with Crippen molar-refractivity contribution in [1.29, 1.82) is 0 Å². The summed E-state index contributed by atoms with van der Waals surface area (Å²) in [4.78, 5) is 0. The Bertz CT molecular complexity index is 720. The summed E-state index contributed by atoms with van der Waals surface area (Å²) in [5.74, 6) is 2.22. The Balaban J connectivity index is 1.85. The van der Waals surface area contributed by atoms with Crippen LogP contribution in [0.1, 0.15) is 18.7 Å². The molecule has 0 bridgehead atoms. The summed E-state index contributed by atoms with van der Waals surface area (Å²) in [7, 11) is 0. The maximum atomic E-state index is 5.81. The first-order valence-corrected chi connectivity index (χ1v) is 6.78. The highest BCUT2D eigenvalue weighted by atomic mass is 16.5. The smallest absolute Gasteiger partial charge is 0.153 e. The molecule has 0 radical (unpaired) electrons. The second kappa shape index (κ2) is 5.81. The van der Waals surface area contributed by atoms with E-state index in [1.807, 2.05) is 67.6 Å². The first-order valence-electron chi connectivity index (χ1n) is 6.78. The van der Waals surface area contributed by atoms with Crippen LogP contribution in [0.3, 0.4) is 0 Å². The van der Waals surface area contributed by atoms with E-state index in [1.54, 1.807) is 0 Å². The molecule has 1 heterocycles. The van der Waals surface area contributed by atoms with Gasteiger partial charge in [-0.2, -0.15) is 0 Å². The molecule has 0 aliphatic heterocycles. The highest BCUT2D eigenvalue weighted by molar-refractivity contribution is 5.61. The largest absolute Gasteiger partial charge is 0.457 e. The Morgan fingerprint density at radius 1 is 1.00 bits per heavy atom. The van der Waals surface area contributed by atoms with Crippen LogP contribution in [0.15, 0.2) is 65.2 Å². The van der Waals surface area contributed by atoms with Gasteiger partial charge in [-0.05, 0) is 31.2 Å². The van der Waals surface area contributed by atoms with E-state index in [0.717, 1.165) is 22.8 Å². The van der Waals surface area contributed by atoms with Crippen LogP contribution in [0.4, 0.5) is 0 Å². The van der Waals surface area contributed by atoms with Gasteiger partial charge in [-0.1, -0.05) is 35.5 Å². The molecule has 4 heteroatoms. The number of ether oxygens (including phenoxy) is 1. The molecule has 0 saturated carbocycles. The fourth-order valence-electron chi connectivity index (χ4n) is 1.98. The van der Waals surface area contributed by atoms with Gasteiger partial charge in [-0.25, -0.2) is 0 Å². The molecular formula is C17H16N2O2. The van der Waals surface area contributed by atoms with Crippen molar-refractivity contribution in [2.75, 3.05) is 0 Å². The third kappa shape index (κ3) is 3.12. The van der Waals surface area contributed by atoms with Crippen LogP contribution < -0.4 is 10.5 Å². The monoisotopic (exact) mass is 280 g/mol. The van der Waals surface area contributed by atoms with E-state index in [0.29, 0.717) is 5.76 Å². The summed E-state index contributed by atoms with van der Waals surface area (Å²) in [5, 5.41) is 4.05. The average Bonchev–Trinajstić information content (AvgIpc) is 2.99. The lowest BCUT2D eigenvalue weighted by atomic mass is 10.1. The quantitative estimate of drug-likeness (QED) is 0.779. The van der Waals surface area contributed by atoms with Crippen molar-refractivity contribution in [1.82, 2.24) is 5.16 Å². The summed E-state index contributed by atoms with van der Waals surface area (Å²) in [6.07, 6.45) is 0. The van der Waals surface area contributed by atoms with E-state index in [2.05, 4.69) is 5.16 Å². The van der Waals surface area contributed by atoms with Crippen LogP contribution in [0.25, 0.3) is 11.3 Å². The normalized spacial score (nSPS) is 12.1. The zero-order valence-electron chi connectivity index (χ0n) is 11.7. The van der Waals surface area contributed by atoms with E-state index in [4.69, 9.17) is 15.0 Å². The third-order valence-corrected chi connectivity index (χ3v) is 3.09. The molecule has 0 aliphatic carbocycles. The number of nitrogens with zero attached hydrogens (tertiary/aromatic N) is 1. The number of rotatable bonds is 4. The Morgan fingerprint density at radius 3 is 2.48 bits per heavy atom. The Kier molecular flexibility index (Phi) is 3.71. The number of aromatic nitrogens is 1. The number of para-hydroxylation sites is 1. The van der Waals surface area contributed by atoms with Crippen LogP contribution >= 0.6 is 0 Å². The standard InChI is InChI=1S/C17H16N2O2/c1-12(18)17-11-16(19-21-17)13-6-5-9-15(10-13)20-14-7-3-2-4-8-14/h2-12H,18H2,1H3. The van der Waals surface area contributed by atoms with E-state index < -0.39 is 0 Å². The second-order valence-corrected chi connectivity index (χ2v) is 4.85. The van der Waals surface area contributed by atoms with Crippen LogP contribution in [0, 0.1) is 0 Å². The summed E-state index contributed by atoms with van der Waals surface area (Å²) in [6.45, 7) is 1.86. The molecule has 4 nitrogen and oxygen atoms in total. The molecule has 0 spiro atoms. The fourth-order valence-corrected chi connectivity index (χ4v) is 1.98. The molecule has 1 unspecified atom stereocenters. The first-order chi connectivity index (χ1) is 10.2. The average molecular weight is 280 g/mol. The number of hydrogen-bond donors (Lipinski definition) is 1. The molecule has 2 N–H and O–H groups in total. The molecule has 0 fully saturated rings. The van der Waals surface area contributed by atoms with Gasteiger partial charge in [-0.15, -0.1) is 0 Å². The lowest BCUT2D eigenvalue weighted by Gasteiger charge is -2.06. The minimum atomic E-state index is -0.171. The second-order valence-electron chi connectivity index (χ2n) is 4.85. The van der Waals surface area contributed by atoms with Crippen molar-refractivity contribution in [3.8, 4) is 22.8 Å². The van der Waals surface area contributed by atoms with Crippen molar-refractivity contribution < 1.29 is 9.26 Å². The summed E-state index contributed by atoms with van der Waals surface area (Å²) in [5.41, 5.74) is 7.46. The predicted molar refractivity (Wildman–Crippen MR) is 81.1 cm³/mol. The molecule has 1 atom stereocenters. The molecule has 2 aromatic carbocycles. The van der Waals surface area contributed by atoms with Crippen molar-refractivity contribution in [2.24, 2.45) is 5.73 Å². The minimum absolute atomic E-state index is 0.171. The highest BCUT2D eigenvalue weighted by Crippen LogP contribution is 2.27. The van der Waals surface area contributed by atoms with Crippen LogP contribution in [-0.2, 0) is 0 Å². The van der Waals surface area contributed by atoms with Crippen molar-refractivity contribution >= 4 is 0 Å². The molecule has 3 rings (SSSR count). The van der Waals surface area contributed by atoms with E-state index in [-0.39, 0.29) is 6.04 Å². The van der Waals surface area contributed by atoms with E-state index in [1.165, 1.54) is 0 Å². The zero-order valence-corrected chi connectivity index (χ0v) is 11.7. The molecule has 21 heavy (non-hydrogen) atoms. The maximum Gasteiger partial charge on any atom is 0.153 e. The molecule has 0 saturated heterocycles. The van der Waals surface area contributed by atoms with Gasteiger partial charge in [0.1, 0.15) is 17.2 Å². The third-order valence-electron chi connectivity index (χ3n) is 3.09. The number of hydrogen-bond acceptors (Lipinski definition) is 4. The molecule has 0 aliphatic rings. The predicted octanol–water partition coefficient (Wildman–Crippen LogP) is 4.15. The Morgan fingerprint density at radius 2 is 1.76 bits per heavy atom. The van der Waals surface area contributed by atoms with Crippen molar-refractivity contribution in [2.45, 2.75) is 13.0 Å². The fraction of sp³-hybridized carbons (Fsp3) is 0.118. The molecule has 3 aromatic rings. The van der Waals surface area contributed by atoms with Gasteiger partial charge < -0.3 is 15.0 Å². The summed E-state index contributed by atoms with van der Waals surface area (Å²) in [6, 6.07) is 19.1. The Labute approximate surface area is 123 Å². The van der Waals surface area contributed by atoms with Gasteiger partial charge in [0.2, 0.25) is 0 Å². The highest BCUT2D eigenvalue weighted by Gasteiger charge is 2.10. The summed E-state index contributed by atoms with van der Waals surface area (Å²) < 4.78 is 11.0. The number of nitrogens with two attached hydrogens (primary N) is 1. The van der Waals surface area contributed by atoms with Gasteiger partial charge in [0.25, 0.3) is 0 Å². The SMILES string of the molecule is CC(N)c1cc(-c2cccc(Oc3ccccc3)c2)no1. The number of benzene rings is 2. The zero-order chi connectivity index (χ0) is 14.7. The molecule has 0 amide bonds. The lowest BCUT2D eigenvalue weighted by molar-refractivity contribution is 0.369. The topological polar surface area (TPSA) is 61.3 Å². The van der Waals surface area contributed by atoms with Crippen LogP contribution in [-0.4, -0.2) is 5.16 Å². The van der Waals surface area contributed by atoms with E-state index in [9.17, 15) is 0 Å². The van der Waals surface area contributed by atoms with Crippen LogP contribution in [0.2, 0.25) is 0 Å². The van der Waals surface area contributed by atoms with E-state index >= 15 is 0 Å².